The maximum atomic E-state index is 10.0. The summed E-state index contributed by atoms with van der Waals surface area (Å²) in [4.78, 5) is 12.6. The Kier molecular flexibility index (Phi) is 3.25. The number of hydrogen-bond donors (Lipinski definition) is 3. The molecule has 0 bridgehead atoms. The zero-order valence-electron chi connectivity index (χ0n) is 10.7. The van der Waals surface area contributed by atoms with Gasteiger partial charge in [0.1, 0.15) is 17.0 Å². The van der Waals surface area contributed by atoms with E-state index in [1.807, 2.05) is 0 Å². The van der Waals surface area contributed by atoms with Crippen LogP contribution in [0.1, 0.15) is 18.1 Å². The molecule has 3 rings (SSSR count). The van der Waals surface area contributed by atoms with Crippen LogP contribution >= 0.6 is 11.8 Å². The number of nitrogens with zero attached hydrogens (tertiary/aromatic N) is 4. The Morgan fingerprint density at radius 3 is 2.90 bits per heavy atom. The Morgan fingerprint density at radius 1 is 1.45 bits per heavy atom. The minimum atomic E-state index is -0.866. The summed E-state index contributed by atoms with van der Waals surface area (Å²) < 4.78 is 1.71. The van der Waals surface area contributed by atoms with Gasteiger partial charge in [-0.2, -0.15) is 0 Å². The van der Waals surface area contributed by atoms with Crippen LogP contribution in [0.5, 0.6) is 0 Å². The van der Waals surface area contributed by atoms with Crippen molar-refractivity contribution >= 4 is 28.7 Å². The topological polar surface area (TPSA) is 110 Å². The lowest BCUT2D eigenvalue weighted by atomic mass is 10.2. The van der Waals surface area contributed by atoms with E-state index >= 15 is 0 Å². The highest BCUT2D eigenvalue weighted by atomic mass is 32.2. The van der Waals surface area contributed by atoms with Crippen LogP contribution in [0.4, 0.5) is 5.82 Å². The molecule has 0 unspecified atom stereocenters. The lowest BCUT2D eigenvalue weighted by Gasteiger charge is -2.17. The van der Waals surface area contributed by atoms with Crippen LogP contribution in [-0.4, -0.2) is 47.7 Å². The molecule has 1 saturated heterocycles. The summed E-state index contributed by atoms with van der Waals surface area (Å²) in [5.41, 5.74) is 6.84. The van der Waals surface area contributed by atoms with Gasteiger partial charge in [-0.1, -0.05) is 5.92 Å². The van der Waals surface area contributed by atoms with E-state index in [2.05, 4.69) is 26.8 Å². The van der Waals surface area contributed by atoms with Crippen molar-refractivity contribution in [2.45, 2.75) is 24.5 Å². The number of anilines is 1. The molecule has 1 aliphatic heterocycles. The van der Waals surface area contributed by atoms with Crippen molar-refractivity contribution in [3.8, 4) is 11.8 Å². The number of nitrogens with two attached hydrogens (primary N) is 1. The highest BCUT2D eigenvalue weighted by Gasteiger charge is 2.36. The number of rotatable bonds is 1. The second-order valence-electron chi connectivity index (χ2n) is 4.41. The largest absolute Gasteiger partial charge is 0.389 e. The van der Waals surface area contributed by atoms with Crippen LogP contribution in [0.3, 0.4) is 0 Å². The van der Waals surface area contributed by atoms with Gasteiger partial charge < -0.3 is 15.9 Å². The van der Waals surface area contributed by atoms with Gasteiger partial charge in [-0.25, -0.2) is 15.0 Å². The molecule has 8 heteroatoms. The van der Waals surface area contributed by atoms with E-state index in [1.54, 1.807) is 17.8 Å². The van der Waals surface area contributed by atoms with Crippen molar-refractivity contribution < 1.29 is 10.2 Å². The van der Waals surface area contributed by atoms with E-state index in [0.29, 0.717) is 22.7 Å². The number of thioether (sulfide) groups is 1. The van der Waals surface area contributed by atoms with Gasteiger partial charge >= 0.3 is 0 Å². The zero-order chi connectivity index (χ0) is 14.3. The number of hydrogen-bond acceptors (Lipinski definition) is 7. The molecular weight excluding hydrogens is 278 g/mol. The molecule has 0 amide bonds. The van der Waals surface area contributed by atoms with E-state index in [0.717, 1.165) is 0 Å². The van der Waals surface area contributed by atoms with Crippen LogP contribution in [0, 0.1) is 11.8 Å². The quantitative estimate of drug-likeness (QED) is 0.621. The van der Waals surface area contributed by atoms with Gasteiger partial charge in [-0.05, 0) is 12.8 Å². The highest BCUT2D eigenvalue weighted by Crippen LogP contribution is 2.38. The van der Waals surface area contributed by atoms with E-state index in [9.17, 15) is 10.2 Å². The molecule has 2 aromatic heterocycles. The minimum absolute atomic E-state index is 0.254. The monoisotopic (exact) mass is 291 g/mol. The molecule has 3 heterocycles. The zero-order valence-corrected chi connectivity index (χ0v) is 11.5. The van der Waals surface area contributed by atoms with E-state index in [1.165, 1.54) is 11.8 Å². The average molecular weight is 291 g/mol. The molecule has 2 aromatic rings. The third-order valence-electron chi connectivity index (χ3n) is 3.08. The predicted molar refractivity (Wildman–Crippen MR) is 75.8 cm³/mol. The summed E-state index contributed by atoms with van der Waals surface area (Å²) in [7, 11) is 0. The second-order valence-corrected chi connectivity index (χ2v) is 5.56. The van der Waals surface area contributed by atoms with Crippen molar-refractivity contribution in [1.29, 1.82) is 0 Å². The molecule has 104 valence electrons. The summed E-state index contributed by atoms with van der Waals surface area (Å²) in [6, 6.07) is 0. The Balaban J connectivity index is 2.14. The Bertz CT molecular complexity index is 720. The van der Waals surface area contributed by atoms with Gasteiger partial charge in [0.05, 0.1) is 12.4 Å². The lowest BCUT2D eigenvalue weighted by molar-refractivity contribution is 0.0313. The molecule has 0 spiro atoms. The molecule has 0 aliphatic carbocycles. The molecule has 4 N–H and O–H groups in total. The molecule has 1 aliphatic rings. The van der Waals surface area contributed by atoms with Gasteiger partial charge in [-0.3, -0.25) is 4.57 Å². The fourth-order valence-corrected chi connectivity index (χ4v) is 3.41. The highest BCUT2D eigenvalue weighted by molar-refractivity contribution is 7.99. The number of aromatic nitrogens is 4. The number of imidazole rings is 1. The maximum Gasteiger partial charge on any atom is 0.208 e. The number of aliphatic hydroxyl groups is 2. The molecule has 0 saturated carbocycles. The van der Waals surface area contributed by atoms with Crippen molar-refractivity contribution in [3.05, 3.63) is 12.2 Å². The Labute approximate surface area is 119 Å². The Hall–Kier alpha value is -1.82. The standard InChI is InChI=1S/C12H13N5O2S/c1-2-3-7-15-10(13)8-11(16-7)17(5-14-8)12-9(19)6(18)4-20-12/h5-6,9,12,18-19H,4H2,1H3,(H2,13,15,16)/t6-,9-,12-/m1/s1. The fraction of sp³-hybridized carbons (Fsp3) is 0.417. The summed E-state index contributed by atoms with van der Waals surface area (Å²) in [5, 5.41) is 19.3. The second kappa shape index (κ2) is 4.94. The molecule has 3 atom stereocenters. The lowest BCUT2D eigenvalue weighted by Crippen LogP contribution is -2.27. The van der Waals surface area contributed by atoms with Crippen LogP contribution in [0.2, 0.25) is 0 Å². The summed E-state index contributed by atoms with van der Waals surface area (Å²) in [5.74, 6) is 6.51. The first-order valence-corrected chi connectivity index (χ1v) is 7.07. The molecule has 1 fully saturated rings. The van der Waals surface area contributed by atoms with Crippen molar-refractivity contribution in [2.75, 3.05) is 11.5 Å². The first-order valence-electron chi connectivity index (χ1n) is 6.02. The minimum Gasteiger partial charge on any atom is -0.389 e. The molecule has 0 radical (unpaired) electrons. The van der Waals surface area contributed by atoms with Crippen molar-refractivity contribution in [1.82, 2.24) is 19.5 Å². The van der Waals surface area contributed by atoms with Gasteiger partial charge in [0, 0.05) is 5.75 Å². The SMILES string of the molecule is CC#Cc1nc(N)c2ncn([C@@H]3SC[C@@H](O)[C@H]3O)c2n1. The summed E-state index contributed by atoms with van der Waals surface area (Å²) >= 11 is 1.44. The number of nitrogen functional groups attached to an aromatic ring is 1. The number of fused-ring (bicyclic) bond motifs is 1. The van der Waals surface area contributed by atoms with Crippen LogP contribution < -0.4 is 5.73 Å². The van der Waals surface area contributed by atoms with Gasteiger partial charge in [0.2, 0.25) is 5.82 Å². The molecular formula is C12H13N5O2S. The first kappa shape index (κ1) is 13.2. The van der Waals surface area contributed by atoms with E-state index in [4.69, 9.17) is 5.73 Å². The van der Waals surface area contributed by atoms with Crippen molar-refractivity contribution in [3.63, 3.8) is 0 Å². The first-order chi connectivity index (χ1) is 9.61. The third-order valence-corrected chi connectivity index (χ3v) is 4.46. The Morgan fingerprint density at radius 2 is 2.25 bits per heavy atom. The van der Waals surface area contributed by atoms with Crippen molar-refractivity contribution in [2.24, 2.45) is 0 Å². The van der Waals surface area contributed by atoms with Gasteiger partial charge in [0.15, 0.2) is 11.5 Å². The normalized spacial score (nSPS) is 25.6. The number of aliphatic hydroxyl groups excluding tert-OH is 2. The fourth-order valence-electron chi connectivity index (χ4n) is 2.12. The molecule has 7 nitrogen and oxygen atoms in total. The van der Waals surface area contributed by atoms with Crippen LogP contribution in [0.25, 0.3) is 11.2 Å². The average Bonchev–Trinajstić information content (AvgIpc) is 2.96. The molecule has 0 aromatic carbocycles. The summed E-state index contributed by atoms with van der Waals surface area (Å²) in [6.45, 7) is 1.69. The summed E-state index contributed by atoms with van der Waals surface area (Å²) in [6.07, 6.45) is -0.0662. The van der Waals surface area contributed by atoms with Crippen LogP contribution in [-0.2, 0) is 0 Å². The molecule has 20 heavy (non-hydrogen) atoms. The van der Waals surface area contributed by atoms with E-state index in [-0.39, 0.29) is 11.2 Å². The van der Waals surface area contributed by atoms with E-state index < -0.39 is 12.2 Å². The van der Waals surface area contributed by atoms with Gasteiger partial charge in [-0.15, -0.1) is 11.8 Å². The van der Waals surface area contributed by atoms with Crippen LogP contribution in [0.15, 0.2) is 6.33 Å². The predicted octanol–water partition coefficient (Wildman–Crippen LogP) is -0.253. The maximum absolute atomic E-state index is 10.0. The third kappa shape index (κ3) is 2.00. The van der Waals surface area contributed by atoms with Gasteiger partial charge in [0.25, 0.3) is 0 Å². The smallest absolute Gasteiger partial charge is 0.208 e.